The molecule has 110 valence electrons. The van der Waals surface area contributed by atoms with Crippen LogP contribution >= 0.6 is 11.6 Å². The number of hydrogen-bond donors (Lipinski definition) is 1. The number of likely N-dealkylation sites (N-methyl/N-ethyl adjacent to an activating group) is 1. The van der Waals surface area contributed by atoms with Gasteiger partial charge in [0.1, 0.15) is 0 Å². The molecule has 1 atom stereocenters. The number of carbonyl (C=O) groups excluding carboxylic acids is 1. The van der Waals surface area contributed by atoms with E-state index >= 15 is 0 Å². The molecule has 1 aliphatic rings. The maximum Gasteiger partial charge on any atom is 0.239 e. The van der Waals surface area contributed by atoms with Crippen molar-refractivity contribution < 1.29 is 4.79 Å². The van der Waals surface area contributed by atoms with E-state index in [1.165, 1.54) is 0 Å². The van der Waals surface area contributed by atoms with Gasteiger partial charge in [0.2, 0.25) is 5.91 Å². The van der Waals surface area contributed by atoms with Gasteiger partial charge in [-0.1, -0.05) is 23.7 Å². The number of carbonyl (C=O) groups is 1. The van der Waals surface area contributed by atoms with Crippen molar-refractivity contribution in [3.05, 3.63) is 34.9 Å². The van der Waals surface area contributed by atoms with E-state index in [9.17, 15) is 4.79 Å². The van der Waals surface area contributed by atoms with Crippen molar-refractivity contribution in [1.82, 2.24) is 15.1 Å². The maximum absolute atomic E-state index is 12.5. The summed E-state index contributed by atoms with van der Waals surface area (Å²) in [6, 6.07) is 7.57. The molecule has 1 aliphatic heterocycles. The highest BCUT2D eigenvalue weighted by molar-refractivity contribution is 6.30. The minimum atomic E-state index is -0.0607. The third-order valence-electron chi connectivity index (χ3n) is 3.77. The first-order chi connectivity index (χ1) is 9.58. The summed E-state index contributed by atoms with van der Waals surface area (Å²) in [6.45, 7) is 6.39. The Bertz CT molecular complexity index is 443. The van der Waals surface area contributed by atoms with Crippen LogP contribution in [0.15, 0.2) is 24.3 Å². The molecule has 1 unspecified atom stereocenters. The molecule has 0 bridgehead atoms. The van der Waals surface area contributed by atoms with Gasteiger partial charge in [-0.15, -0.1) is 0 Å². The number of rotatable bonds is 4. The smallest absolute Gasteiger partial charge is 0.239 e. The Balaban J connectivity index is 1.92. The van der Waals surface area contributed by atoms with Crippen LogP contribution < -0.4 is 5.32 Å². The molecule has 1 N–H and O–H groups in total. The van der Waals surface area contributed by atoms with E-state index in [0.717, 1.165) is 36.8 Å². The van der Waals surface area contributed by atoms with Crippen LogP contribution in [0.3, 0.4) is 0 Å². The topological polar surface area (TPSA) is 35.6 Å². The van der Waals surface area contributed by atoms with Crippen LogP contribution in [0.5, 0.6) is 0 Å². The fourth-order valence-electron chi connectivity index (χ4n) is 2.49. The van der Waals surface area contributed by atoms with Gasteiger partial charge < -0.3 is 10.2 Å². The summed E-state index contributed by atoms with van der Waals surface area (Å²) in [4.78, 5) is 16.5. The summed E-state index contributed by atoms with van der Waals surface area (Å²) in [5.74, 6) is 0.168. The van der Waals surface area contributed by atoms with Gasteiger partial charge in [-0.05, 0) is 24.6 Å². The molecule has 1 saturated heterocycles. The molecule has 0 aromatic heterocycles. The summed E-state index contributed by atoms with van der Waals surface area (Å²) in [5.41, 5.74) is 1.10. The van der Waals surface area contributed by atoms with Crippen molar-refractivity contribution in [1.29, 1.82) is 0 Å². The van der Waals surface area contributed by atoms with Crippen LogP contribution in [-0.2, 0) is 11.3 Å². The average Bonchev–Trinajstić information content (AvgIpc) is 2.49. The molecule has 0 radical (unpaired) electrons. The Morgan fingerprint density at radius 1 is 1.35 bits per heavy atom. The molecule has 1 heterocycles. The van der Waals surface area contributed by atoms with Gasteiger partial charge in [0.15, 0.2) is 0 Å². The minimum Gasteiger partial charge on any atom is -0.340 e. The Hall–Kier alpha value is -1.10. The number of hydrogen-bond acceptors (Lipinski definition) is 3. The van der Waals surface area contributed by atoms with E-state index in [4.69, 9.17) is 11.6 Å². The molecular formula is C15H22ClN3O. The lowest BCUT2D eigenvalue weighted by Crippen LogP contribution is -2.52. The van der Waals surface area contributed by atoms with E-state index < -0.39 is 0 Å². The van der Waals surface area contributed by atoms with Gasteiger partial charge in [-0.3, -0.25) is 9.69 Å². The maximum atomic E-state index is 12.5. The number of amides is 1. The Labute approximate surface area is 125 Å². The zero-order valence-corrected chi connectivity index (χ0v) is 12.9. The van der Waals surface area contributed by atoms with Crippen molar-refractivity contribution in [3.8, 4) is 0 Å². The molecule has 1 fully saturated rings. The van der Waals surface area contributed by atoms with E-state index in [-0.39, 0.29) is 11.9 Å². The second-order valence-electron chi connectivity index (χ2n) is 5.28. The molecule has 5 heteroatoms. The van der Waals surface area contributed by atoms with Crippen LogP contribution in [0.25, 0.3) is 0 Å². The summed E-state index contributed by atoms with van der Waals surface area (Å²) in [6.07, 6.45) is 0. The van der Waals surface area contributed by atoms with E-state index in [0.29, 0.717) is 6.54 Å². The molecule has 20 heavy (non-hydrogen) atoms. The summed E-state index contributed by atoms with van der Waals surface area (Å²) >= 11 is 5.87. The second-order valence-corrected chi connectivity index (χ2v) is 5.72. The number of benzene rings is 1. The highest BCUT2D eigenvalue weighted by atomic mass is 35.5. The molecule has 0 aliphatic carbocycles. The summed E-state index contributed by atoms with van der Waals surface area (Å²) in [5, 5.41) is 4.02. The Kier molecular flexibility index (Phi) is 5.40. The summed E-state index contributed by atoms with van der Waals surface area (Å²) < 4.78 is 0. The first kappa shape index (κ1) is 15.3. The van der Waals surface area contributed by atoms with Crippen molar-refractivity contribution >= 4 is 17.5 Å². The molecule has 1 aromatic carbocycles. The van der Waals surface area contributed by atoms with Gasteiger partial charge in [0.05, 0.1) is 6.04 Å². The lowest BCUT2D eigenvalue weighted by molar-refractivity contribution is -0.135. The largest absolute Gasteiger partial charge is 0.340 e. The number of piperazine rings is 1. The number of halogens is 1. The first-order valence-electron chi connectivity index (χ1n) is 7.02. The van der Waals surface area contributed by atoms with Crippen molar-refractivity contribution in [2.75, 3.05) is 33.2 Å². The Morgan fingerprint density at radius 2 is 1.95 bits per heavy atom. The monoisotopic (exact) mass is 295 g/mol. The molecule has 0 saturated carbocycles. The van der Waals surface area contributed by atoms with Gasteiger partial charge in [-0.2, -0.15) is 0 Å². The highest BCUT2D eigenvalue weighted by Crippen LogP contribution is 2.12. The lowest BCUT2D eigenvalue weighted by atomic mass is 10.2. The molecule has 2 rings (SSSR count). The quantitative estimate of drug-likeness (QED) is 0.916. The molecule has 4 nitrogen and oxygen atoms in total. The second kappa shape index (κ2) is 7.07. The fraction of sp³-hybridized carbons (Fsp3) is 0.533. The highest BCUT2D eigenvalue weighted by Gasteiger charge is 2.25. The van der Waals surface area contributed by atoms with Crippen molar-refractivity contribution in [2.45, 2.75) is 19.5 Å². The van der Waals surface area contributed by atoms with Gasteiger partial charge in [-0.25, -0.2) is 0 Å². The normalized spacial score (nSPS) is 17.8. The van der Waals surface area contributed by atoms with Crippen LogP contribution in [-0.4, -0.2) is 55.0 Å². The standard InChI is InChI=1S/C15H22ClN3O/c1-12(19-9-7-17-8-10-19)15(20)18(2)11-13-3-5-14(16)6-4-13/h3-6,12,17H,7-11H2,1-2H3. The Morgan fingerprint density at radius 3 is 2.55 bits per heavy atom. The number of nitrogens with zero attached hydrogens (tertiary/aromatic N) is 2. The van der Waals surface area contributed by atoms with Gasteiger partial charge in [0, 0.05) is 44.8 Å². The van der Waals surface area contributed by atoms with Crippen LogP contribution in [0.1, 0.15) is 12.5 Å². The van der Waals surface area contributed by atoms with Crippen LogP contribution in [0, 0.1) is 0 Å². The zero-order chi connectivity index (χ0) is 14.5. The third-order valence-corrected chi connectivity index (χ3v) is 4.02. The van der Waals surface area contributed by atoms with Gasteiger partial charge in [0.25, 0.3) is 0 Å². The van der Waals surface area contributed by atoms with Gasteiger partial charge >= 0.3 is 0 Å². The predicted octanol–water partition coefficient (Wildman–Crippen LogP) is 1.59. The number of nitrogens with one attached hydrogen (secondary N) is 1. The molecule has 0 spiro atoms. The van der Waals surface area contributed by atoms with E-state index in [2.05, 4.69) is 10.2 Å². The van der Waals surface area contributed by atoms with E-state index in [1.54, 1.807) is 4.90 Å². The van der Waals surface area contributed by atoms with Crippen molar-refractivity contribution in [3.63, 3.8) is 0 Å². The predicted molar refractivity (Wildman–Crippen MR) is 81.8 cm³/mol. The van der Waals surface area contributed by atoms with Crippen molar-refractivity contribution in [2.24, 2.45) is 0 Å². The van der Waals surface area contributed by atoms with Crippen LogP contribution in [0.4, 0.5) is 0 Å². The fourth-order valence-corrected chi connectivity index (χ4v) is 2.61. The minimum absolute atomic E-state index is 0.0607. The summed E-state index contributed by atoms with van der Waals surface area (Å²) in [7, 11) is 1.86. The average molecular weight is 296 g/mol. The van der Waals surface area contributed by atoms with Crippen LogP contribution in [0.2, 0.25) is 5.02 Å². The molecule has 1 aromatic rings. The van der Waals surface area contributed by atoms with E-state index in [1.807, 2.05) is 38.2 Å². The molecular weight excluding hydrogens is 274 g/mol. The SMILES string of the molecule is CC(C(=O)N(C)Cc1ccc(Cl)cc1)N1CCNCC1. The molecule has 1 amide bonds. The first-order valence-corrected chi connectivity index (χ1v) is 7.40. The third kappa shape index (κ3) is 3.95. The lowest BCUT2D eigenvalue weighted by Gasteiger charge is -2.34. The zero-order valence-electron chi connectivity index (χ0n) is 12.1.